The number of aromatic nitrogens is 6. The molecule has 1 aliphatic rings. The minimum Gasteiger partial charge on any atom is -0.465 e. The van der Waals surface area contributed by atoms with E-state index in [0.717, 1.165) is 106 Å². The Bertz CT molecular complexity index is 2920. The Morgan fingerprint density at radius 1 is 0.677 bits per heavy atom. The number of rotatable bonds is 14. The Kier molecular flexibility index (Phi) is 11.9. The number of para-hydroxylation sites is 1. The Balaban J connectivity index is 0.990. The van der Waals surface area contributed by atoms with Crippen molar-refractivity contribution >= 4 is 34.0 Å². The first kappa shape index (κ1) is 41.8. The fourth-order valence-corrected chi connectivity index (χ4v) is 10.7. The van der Waals surface area contributed by atoms with Crippen molar-refractivity contribution in [3.05, 3.63) is 208 Å². The molecule has 0 aliphatic carbocycles. The molecule has 4 heterocycles. The first-order chi connectivity index (χ1) is 32.1. The summed E-state index contributed by atoms with van der Waals surface area (Å²) in [6, 6.07) is 59.0. The number of esters is 1. The Labute approximate surface area is 383 Å². The molecule has 1 aliphatic heterocycles. The van der Waals surface area contributed by atoms with Crippen LogP contribution in [0.3, 0.4) is 0 Å². The first-order valence-corrected chi connectivity index (χ1v) is 23.1. The molecule has 0 atom stereocenters. The monoisotopic (exact) mass is 874 g/mol. The number of ether oxygens (including phenoxy) is 1. The van der Waals surface area contributed by atoms with Crippen LogP contribution in [0.15, 0.2) is 170 Å². The van der Waals surface area contributed by atoms with Crippen LogP contribution < -0.4 is 4.90 Å². The van der Waals surface area contributed by atoms with E-state index in [4.69, 9.17) is 20.0 Å². The highest BCUT2D eigenvalue weighted by molar-refractivity contribution is 7.15. The molecule has 1 saturated heterocycles. The minimum atomic E-state index is -0.881. The van der Waals surface area contributed by atoms with Gasteiger partial charge in [0.05, 0.1) is 12.6 Å². The Hall–Kier alpha value is -7.21. The van der Waals surface area contributed by atoms with Crippen LogP contribution in [-0.2, 0) is 29.8 Å². The summed E-state index contributed by atoms with van der Waals surface area (Å²) in [6.07, 6.45) is 1.73. The molecule has 6 aromatic carbocycles. The summed E-state index contributed by atoms with van der Waals surface area (Å²) in [5.41, 5.74) is 9.33. The third-order valence-electron chi connectivity index (χ3n) is 12.6. The number of benzene rings is 6. The van der Waals surface area contributed by atoms with Crippen LogP contribution >= 0.6 is 11.3 Å². The molecule has 324 valence electrons. The van der Waals surface area contributed by atoms with Crippen molar-refractivity contribution in [2.24, 2.45) is 0 Å². The van der Waals surface area contributed by atoms with Gasteiger partial charge >= 0.3 is 5.97 Å². The van der Waals surface area contributed by atoms with Crippen LogP contribution in [0.5, 0.6) is 0 Å². The Morgan fingerprint density at radius 2 is 1.25 bits per heavy atom. The summed E-state index contributed by atoms with van der Waals surface area (Å²) in [7, 11) is 1.46. The predicted octanol–water partition coefficient (Wildman–Crippen LogP) is 10.4. The molecule has 0 unspecified atom stereocenters. The fourth-order valence-electron chi connectivity index (χ4n) is 9.46. The van der Waals surface area contributed by atoms with E-state index in [2.05, 4.69) is 172 Å². The molecular weight excluding hydrogens is 825 g/mol. The lowest BCUT2D eigenvalue weighted by molar-refractivity contribution is 0.0608. The molecule has 10 nitrogen and oxygen atoms in total. The number of piperazine rings is 1. The number of imidazole rings is 1. The number of thiophene rings is 1. The molecule has 9 aromatic rings. The van der Waals surface area contributed by atoms with E-state index in [1.165, 1.54) is 24.1 Å². The van der Waals surface area contributed by atoms with E-state index in [1.54, 1.807) is 0 Å². The van der Waals surface area contributed by atoms with Gasteiger partial charge < -0.3 is 14.2 Å². The second-order valence-corrected chi connectivity index (χ2v) is 17.6. The van der Waals surface area contributed by atoms with Crippen LogP contribution in [0.25, 0.3) is 33.5 Å². The average molecular weight is 875 g/mol. The van der Waals surface area contributed by atoms with E-state index < -0.39 is 5.54 Å². The third kappa shape index (κ3) is 7.91. The zero-order valence-corrected chi connectivity index (χ0v) is 37.4. The molecular formula is C54H50N8O2S. The van der Waals surface area contributed by atoms with Crippen LogP contribution in [-0.4, -0.2) is 73.9 Å². The number of methoxy groups -OCH3 is 1. The topological polar surface area (TPSA) is 94.2 Å². The van der Waals surface area contributed by atoms with Gasteiger partial charge in [0.15, 0.2) is 5.82 Å². The van der Waals surface area contributed by atoms with Crippen molar-refractivity contribution in [3.8, 4) is 22.5 Å². The van der Waals surface area contributed by atoms with Crippen molar-refractivity contribution in [3.63, 3.8) is 0 Å². The molecule has 11 heteroatoms. The van der Waals surface area contributed by atoms with Crippen molar-refractivity contribution in [1.29, 1.82) is 0 Å². The highest BCUT2D eigenvalue weighted by atomic mass is 32.1. The van der Waals surface area contributed by atoms with E-state index in [-0.39, 0.29) is 5.97 Å². The lowest BCUT2D eigenvalue weighted by atomic mass is 9.77. The van der Waals surface area contributed by atoms with Gasteiger partial charge in [-0.2, -0.15) is 0 Å². The number of tetrazole rings is 1. The number of fused-ring (bicyclic) bond motifs is 1. The third-order valence-corrected chi connectivity index (χ3v) is 13.7. The van der Waals surface area contributed by atoms with Gasteiger partial charge in [0.25, 0.3) is 0 Å². The first-order valence-electron chi connectivity index (χ1n) is 22.3. The molecule has 0 saturated carbocycles. The largest absolute Gasteiger partial charge is 0.465 e. The highest BCUT2D eigenvalue weighted by Crippen LogP contribution is 2.43. The van der Waals surface area contributed by atoms with Gasteiger partial charge in [-0.25, -0.2) is 14.5 Å². The minimum absolute atomic E-state index is 0.325. The van der Waals surface area contributed by atoms with E-state index in [9.17, 15) is 4.79 Å². The van der Waals surface area contributed by atoms with Crippen molar-refractivity contribution in [2.75, 3.05) is 38.2 Å². The summed E-state index contributed by atoms with van der Waals surface area (Å²) in [4.78, 5) is 25.4. The molecule has 1 fully saturated rings. The molecule has 0 N–H and O–H groups in total. The number of nitrogens with zero attached hydrogens (tertiary/aromatic N) is 8. The van der Waals surface area contributed by atoms with Crippen molar-refractivity contribution in [1.82, 2.24) is 34.7 Å². The molecule has 0 amide bonds. The maximum absolute atomic E-state index is 13.5. The van der Waals surface area contributed by atoms with Gasteiger partial charge in [-0.1, -0.05) is 165 Å². The number of aryl methyl sites for hydroxylation is 1. The number of hydrogen-bond donors (Lipinski definition) is 0. The number of anilines is 1. The second-order valence-electron chi connectivity index (χ2n) is 16.5. The van der Waals surface area contributed by atoms with Gasteiger partial charge in [0.1, 0.15) is 21.8 Å². The summed E-state index contributed by atoms with van der Waals surface area (Å²) in [5, 5.41) is 14.0. The van der Waals surface area contributed by atoms with E-state index in [0.29, 0.717) is 17.2 Å². The van der Waals surface area contributed by atoms with Crippen molar-refractivity contribution in [2.45, 2.75) is 38.4 Å². The number of carbonyl (C=O) groups excluding carboxylic acids is 1. The Morgan fingerprint density at radius 3 is 1.83 bits per heavy atom. The van der Waals surface area contributed by atoms with Crippen molar-refractivity contribution < 1.29 is 9.53 Å². The summed E-state index contributed by atoms with van der Waals surface area (Å²) >= 11 is 1.52. The summed E-state index contributed by atoms with van der Waals surface area (Å²) in [5.74, 6) is 1.30. The number of hydrogen-bond acceptors (Lipinski definition) is 9. The SMILES string of the molecule is CCCc1nc2c(CN3CCN(c4ccccc4)CC3)sc(C(=O)OC)c2n1Cc1ccc(-c2ccccc2-c2nnnn2C(c2ccccc2)(c2ccccc2)c2ccccc2)cc1. The molecule has 0 spiro atoms. The zero-order valence-electron chi connectivity index (χ0n) is 36.6. The fraction of sp³-hybridized carbons (Fsp3) is 0.204. The second kappa shape index (κ2) is 18.5. The lowest BCUT2D eigenvalue weighted by Gasteiger charge is -2.36. The molecule has 10 rings (SSSR count). The maximum atomic E-state index is 13.5. The summed E-state index contributed by atoms with van der Waals surface area (Å²) in [6.45, 7) is 7.24. The maximum Gasteiger partial charge on any atom is 0.350 e. The predicted molar refractivity (Wildman–Crippen MR) is 259 cm³/mol. The normalized spacial score (nSPS) is 13.4. The lowest BCUT2D eigenvalue weighted by Crippen LogP contribution is -2.45. The standard InChI is InChI=1S/C54H50N8O2S/c1-3-18-48-55-49-47(38-59-33-35-60(36-34-59)44-25-14-7-15-26-44)65-51(53(63)64-2)50(49)61(48)37-39-29-31-40(32-30-39)45-27-16-17-28-46(45)52-56-57-58-62(52)54(41-19-8-4-9-20-41,42-21-10-5-11-22-42)43-23-12-6-13-24-43/h4-17,19-32H,3,18,33-38H2,1-2H3. The van der Waals surface area contributed by atoms with E-state index in [1.807, 2.05) is 28.9 Å². The quantitative estimate of drug-likeness (QED) is 0.0788. The molecule has 3 aromatic heterocycles. The van der Waals surface area contributed by atoms with Crippen LogP contribution in [0.2, 0.25) is 0 Å². The van der Waals surface area contributed by atoms with Gasteiger partial charge in [0.2, 0.25) is 0 Å². The van der Waals surface area contributed by atoms with Crippen LogP contribution in [0.1, 0.15) is 56.0 Å². The van der Waals surface area contributed by atoms with Gasteiger partial charge in [-0.15, -0.1) is 16.4 Å². The van der Waals surface area contributed by atoms with Crippen LogP contribution in [0, 0.1) is 0 Å². The van der Waals surface area contributed by atoms with Gasteiger partial charge in [-0.05, 0) is 62.4 Å². The molecule has 65 heavy (non-hydrogen) atoms. The zero-order chi connectivity index (χ0) is 44.2. The summed E-state index contributed by atoms with van der Waals surface area (Å²) < 4.78 is 9.62. The van der Waals surface area contributed by atoms with Gasteiger partial charge in [0, 0.05) is 61.8 Å². The number of carbonyl (C=O) groups is 1. The molecule has 0 bridgehead atoms. The smallest absolute Gasteiger partial charge is 0.350 e. The molecule has 0 radical (unpaired) electrons. The highest BCUT2D eigenvalue weighted by Gasteiger charge is 2.42. The van der Waals surface area contributed by atoms with Crippen LogP contribution in [0.4, 0.5) is 5.69 Å². The van der Waals surface area contributed by atoms with E-state index >= 15 is 0 Å². The average Bonchev–Trinajstić information content (AvgIpc) is 4.09. The van der Waals surface area contributed by atoms with Gasteiger partial charge in [-0.3, -0.25) is 4.90 Å².